The van der Waals surface area contributed by atoms with Gasteiger partial charge >= 0.3 is 0 Å². The van der Waals surface area contributed by atoms with Gasteiger partial charge in [-0.05, 0) is 12.5 Å². The maximum atomic E-state index is 12.8. The predicted molar refractivity (Wildman–Crippen MR) is 89.1 cm³/mol. The van der Waals surface area contributed by atoms with Crippen molar-refractivity contribution in [3.8, 4) is 0 Å². The van der Waals surface area contributed by atoms with Crippen LogP contribution in [0.4, 0.5) is 5.95 Å². The Morgan fingerprint density at radius 1 is 1.26 bits per heavy atom. The first-order valence-electron chi connectivity index (χ1n) is 7.41. The van der Waals surface area contributed by atoms with E-state index in [9.17, 15) is 9.59 Å². The summed E-state index contributed by atoms with van der Waals surface area (Å²) in [6.07, 6.45) is 2.11. The molecule has 0 saturated heterocycles. The Labute approximate surface area is 132 Å². The van der Waals surface area contributed by atoms with Gasteiger partial charge in [0.2, 0.25) is 12.4 Å². The maximum Gasteiger partial charge on any atom is 0.263 e. The van der Waals surface area contributed by atoms with Crippen LogP contribution in [0, 0.1) is 0 Å². The lowest BCUT2D eigenvalue weighted by Crippen LogP contribution is -2.28. The number of nitrogens with one attached hydrogen (secondary N) is 2. The maximum absolute atomic E-state index is 12.8. The third-order valence-corrected chi connectivity index (χ3v) is 3.72. The molecule has 0 aliphatic heterocycles. The molecule has 0 atom stereocenters. The number of hydrogen-bond acceptors (Lipinski definition) is 5. The van der Waals surface area contributed by atoms with E-state index in [4.69, 9.17) is 0 Å². The van der Waals surface area contributed by atoms with Crippen LogP contribution < -0.4 is 16.4 Å². The molecule has 2 N–H and O–H groups in total. The zero-order chi connectivity index (χ0) is 16.4. The molecule has 0 radical (unpaired) electrons. The molecule has 1 amide bonds. The molecule has 0 spiro atoms. The summed E-state index contributed by atoms with van der Waals surface area (Å²) in [6.45, 7) is 2.05. The average Bonchev–Trinajstić information content (AvgIpc) is 2.56. The number of pyridine rings is 1. The van der Waals surface area contributed by atoms with Crippen molar-refractivity contribution < 1.29 is 4.79 Å². The van der Waals surface area contributed by atoms with Crippen molar-refractivity contribution in [3.05, 3.63) is 40.3 Å². The standard InChI is InChI=1S/C16H17N5O2/c1-3-6-12-14-13(10-7-4-5-8-11(10)18-12)15(23)21(2)16(19-14)20-17-9-22/h4-5,7-9H,3,6H2,1-2H3,(H,17,22)(H,19,20). The number of aromatic nitrogens is 3. The van der Waals surface area contributed by atoms with Crippen LogP contribution in [0.5, 0.6) is 0 Å². The SMILES string of the molecule is CCCc1nc2ccccc2c2c(=O)n(C)c(NNC=O)nc12. The van der Waals surface area contributed by atoms with Crippen molar-refractivity contribution >= 4 is 34.2 Å². The summed E-state index contributed by atoms with van der Waals surface area (Å²) in [4.78, 5) is 32.5. The van der Waals surface area contributed by atoms with Crippen molar-refractivity contribution in [3.63, 3.8) is 0 Å². The Balaban J connectivity index is 2.42. The lowest BCUT2D eigenvalue weighted by atomic mass is 10.1. The zero-order valence-corrected chi connectivity index (χ0v) is 13.0. The zero-order valence-electron chi connectivity index (χ0n) is 13.0. The summed E-state index contributed by atoms with van der Waals surface area (Å²) in [5, 5.41) is 1.34. The number of carbonyl (C=O) groups excluding carboxylic acids is 1. The second-order valence-corrected chi connectivity index (χ2v) is 5.24. The van der Waals surface area contributed by atoms with Gasteiger partial charge in [-0.15, -0.1) is 0 Å². The fourth-order valence-electron chi connectivity index (χ4n) is 2.65. The Morgan fingerprint density at radius 3 is 2.78 bits per heavy atom. The van der Waals surface area contributed by atoms with E-state index in [1.165, 1.54) is 4.57 Å². The van der Waals surface area contributed by atoms with Crippen LogP contribution in [0.1, 0.15) is 19.0 Å². The van der Waals surface area contributed by atoms with E-state index in [-0.39, 0.29) is 11.5 Å². The van der Waals surface area contributed by atoms with Crippen LogP contribution in [0.3, 0.4) is 0 Å². The molecule has 0 unspecified atom stereocenters. The fourth-order valence-corrected chi connectivity index (χ4v) is 2.65. The number of fused-ring (bicyclic) bond motifs is 3. The first-order valence-corrected chi connectivity index (χ1v) is 7.41. The van der Waals surface area contributed by atoms with E-state index in [0.29, 0.717) is 17.3 Å². The normalized spacial score (nSPS) is 10.9. The lowest BCUT2D eigenvalue weighted by Gasteiger charge is -2.13. The lowest BCUT2D eigenvalue weighted by molar-refractivity contribution is -0.109. The molecule has 0 bridgehead atoms. The van der Waals surface area contributed by atoms with Crippen LogP contribution in [-0.2, 0) is 18.3 Å². The minimum atomic E-state index is -0.179. The van der Waals surface area contributed by atoms with Crippen LogP contribution in [0.2, 0.25) is 0 Å². The summed E-state index contributed by atoms with van der Waals surface area (Å²) in [7, 11) is 1.61. The molecule has 0 aliphatic rings. The molecule has 118 valence electrons. The highest BCUT2D eigenvalue weighted by Gasteiger charge is 2.15. The van der Waals surface area contributed by atoms with Crippen LogP contribution in [0.25, 0.3) is 21.8 Å². The number of hydrogen-bond donors (Lipinski definition) is 2. The Bertz CT molecular complexity index is 948. The van der Waals surface area contributed by atoms with Gasteiger partial charge in [-0.2, -0.15) is 0 Å². The molecule has 3 aromatic rings. The number of carbonyl (C=O) groups is 1. The van der Waals surface area contributed by atoms with E-state index in [1.54, 1.807) is 7.05 Å². The van der Waals surface area contributed by atoms with Gasteiger partial charge < -0.3 is 0 Å². The highest BCUT2D eigenvalue weighted by molar-refractivity contribution is 6.04. The van der Waals surface area contributed by atoms with Crippen molar-refractivity contribution in [2.24, 2.45) is 7.05 Å². The predicted octanol–water partition coefficient (Wildman–Crippen LogP) is 1.51. The molecule has 0 fully saturated rings. The molecule has 0 saturated carbocycles. The summed E-state index contributed by atoms with van der Waals surface area (Å²) >= 11 is 0. The Kier molecular flexibility index (Phi) is 3.92. The van der Waals surface area contributed by atoms with Crippen molar-refractivity contribution in [2.75, 3.05) is 5.43 Å². The highest BCUT2D eigenvalue weighted by Crippen LogP contribution is 2.24. The second-order valence-electron chi connectivity index (χ2n) is 5.24. The fraction of sp³-hybridized carbons (Fsp3) is 0.250. The van der Waals surface area contributed by atoms with E-state index in [2.05, 4.69) is 27.7 Å². The molecule has 7 heteroatoms. The molecular weight excluding hydrogens is 294 g/mol. The smallest absolute Gasteiger partial charge is 0.263 e. The number of anilines is 1. The van der Waals surface area contributed by atoms with Gasteiger partial charge in [-0.25, -0.2) is 4.98 Å². The van der Waals surface area contributed by atoms with Gasteiger partial charge in [0, 0.05) is 12.4 Å². The summed E-state index contributed by atoms with van der Waals surface area (Å²) in [5.41, 5.74) is 6.90. The van der Waals surface area contributed by atoms with Crippen molar-refractivity contribution in [2.45, 2.75) is 19.8 Å². The second kappa shape index (κ2) is 6.04. The quantitative estimate of drug-likeness (QED) is 0.423. The van der Waals surface area contributed by atoms with Gasteiger partial charge in [0.1, 0.15) is 5.52 Å². The monoisotopic (exact) mass is 311 g/mol. The average molecular weight is 311 g/mol. The van der Waals surface area contributed by atoms with Crippen LogP contribution >= 0.6 is 0 Å². The molecule has 7 nitrogen and oxygen atoms in total. The molecule has 0 aliphatic carbocycles. The summed E-state index contributed by atoms with van der Waals surface area (Å²) in [6, 6.07) is 7.55. The first-order chi connectivity index (χ1) is 11.2. The van der Waals surface area contributed by atoms with E-state index in [1.807, 2.05) is 24.3 Å². The van der Waals surface area contributed by atoms with E-state index < -0.39 is 0 Å². The number of nitrogens with zero attached hydrogens (tertiary/aromatic N) is 3. The van der Waals surface area contributed by atoms with Gasteiger partial charge in [0.15, 0.2) is 0 Å². The Morgan fingerprint density at radius 2 is 2.04 bits per heavy atom. The molecule has 23 heavy (non-hydrogen) atoms. The molecule has 2 heterocycles. The molecular formula is C16H17N5O2. The van der Waals surface area contributed by atoms with Gasteiger partial charge in [-0.1, -0.05) is 31.5 Å². The number of benzene rings is 1. The van der Waals surface area contributed by atoms with E-state index in [0.717, 1.165) is 29.4 Å². The van der Waals surface area contributed by atoms with Gasteiger partial charge in [0.25, 0.3) is 5.56 Å². The number of rotatable bonds is 5. The van der Waals surface area contributed by atoms with Crippen LogP contribution in [0.15, 0.2) is 29.1 Å². The third-order valence-electron chi connectivity index (χ3n) is 3.72. The van der Waals surface area contributed by atoms with Gasteiger partial charge in [0.05, 0.1) is 16.6 Å². The van der Waals surface area contributed by atoms with Crippen molar-refractivity contribution in [1.29, 1.82) is 0 Å². The van der Waals surface area contributed by atoms with Crippen LogP contribution in [-0.4, -0.2) is 20.9 Å². The molecule has 2 aromatic heterocycles. The number of para-hydroxylation sites is 1. The number of aryl methyl sites for hydroxylation is 1. The Hall–Kier alpha value is -2.96. The largest absolute Gasteiger partial charge is 0.280 e. The summed E-state index contributed by atoms with van der Waals surface area (Å²) < 4.78 is 1.38. The topological polar surface area (TPSA) is 88.9 Å². The minimum absolute atomic E-state index is 0.179. The molecule has 3 rings (SSSR count). The molecule has 1 aromatic carbocycles. The van der Waals surface area contributed by atoms with Crippen molar-refractivity contribution in [1.82, 2.24) is 20.0 Å². The van der Waals surface area contributed by atoms with Gasteiger partial charge in [-0.3, -0.25) is 30.0 Å². The first kappa shape index (κ1) is 15.0. The third kappa shape index (κ3) is 2.50. The highest BCUT2D eigenvalue weighted by atomic mass is 16.1. The summed E-state index contributed by atoms with van der Waals surface area (Å²) in [5.74, 6) is 0.268. The van der Waals surface area contributed by atoms with E-state index >= 15 is 0 Å². The number of amides is 1. The minimum Gasteiger partial charge on any atom is -0.280 e. The number of hydrazine groups is 1.